The summed E-state index contributed by atoms with van der Waals surface area (Å²) in [5.41, 5.74) is 1.08. The predicted molar refractivity (Wildman–Crippen MR) is 74.7 cm³/mol. The molecule has 0 aliphatic carbocycles. The summed E-state index contributed by atoms with van der Waals surface area (Å²) >= 11 is 0. The smallest absolute Gasteiger partial charge is 0.267 e. The molecule has 20 heavy (non-hydrogen) atoms. The summed E-state index contributed by atoms with van der Waals surface area (Å²) < 4.78 is 33.5. The van der Waals surface area contributed by atoms with E-state index in [0.717, 1.165) is 7.11 Å². The largest absolute Gasteiger partial charge is 0.497 e. The van der Waals surface area contributed by atoms with Gasteiger partial charge in [0, 0.05) is 18.3 Å². The summed E-state index contributed by atoms with van der Waals surface area (Å²) in [4.78, 5) is 11.9. The van der Waals surface area contributed by atoms with Crippen LogP contribution in [0.2, 0.25) is 0 Å². The predicted octanol–water partition coefficient (Wildman–Crippen LogP) is 0.827. The van der Waals surface area contributed by atoms with Crippen molar-refractivity contribution in [3.8, 4) is 5.75 Å². The van der Waals surface area contributed by atoms with E-state index >= 15 is 0 Å². The molecule has 2 rings (SSSR count). The van der Waals surface area contributed by atoms with Gasteiger partial charge in [-0.15, -0.1) is 0 Å². The topological polar surface area (TPSA) is 74.1 Å². The summed E-state index contributed by atoms with van der Waals surface area (Å²) in [5, 5.41) is 0. The lowest BCUT2D eigenvalue weighted by molar-refractivity contribution is 0.397. The highest BCUT2D eigenvalue weighted by Crippen LogP contribution is 2.14. The van der Waals surface area contributed by atoms with E-state index in [4.69, 9.17) is 4.74 Å². The average molecular weight is 297 g/mol. The van der Waals surface area contributed by atoms with Crippen molar-refractivity contribution in [3.05, 3.63) is 46.4 Å². The Bertz CT molecular complexity index is 779. The Balaban J connectivity index is 2.38. The molecular weight excluding hydrogens is 282 g/mol. The van der Waals surface area contributed by atoms with Crippen LogP contribution in [0.5, 0.6) is 5.75 Å². The van der Waals surface area contributed by atoms with Crippen molar-refractivity contribution in [1.29, 1.82) is 0 Å². The zero-order chi connectivity index (χ0) is 14.8. The average Bonchev–Trinajstić information content (AvgIpc) is 2.44. The second kappa shape index (κ2) is 5.64. The maximum Gasteiger partial charge on any atom is 0.267 e. The molecule has 0 atom stereocenters. The van der Waals surface area contributed by atoms with Gasteiger partial charge in [-0.3, -0.25) is 13.4 Å². The third-order valence-corrected chi connectivity index (χ3v) is 4.18. The zero-order valence-corrected chi connectivity index (χ0v) is 12.0. The molecule has 6 nitrogen and oxygen atoms in total. The van der Waals surface area contributed by atoms with Gasteiger partial charge in [0.05, 0.1) is 25.5 Å². The number of ether oxygens (including phenoxy) is 1. The van der Waals surface area contributed by atoms with E-state index in [-0.39, 0.29) is 17.7 Å². The van der Waals surface area contributed by atoms with Crippen LogP contribution in [-0.4, -0.2) is 32.8 Å². The minimum Gasteiger partial charge on any atom is -0.497 e. The number of aromatic nitrogens is 1. The molecule has 0 aliphatic heterocycles. The standard InChI is InChI=1S/C13H15NO5S/c1-18-12-3-5-14-11(9-12)7-10(8-13(14)15)4-6-20(16,17)19-2/h3,5,7-9H,4,6H2,1-2H3. The van der Waals surface area contributed by atoms with Crippen molar-refractivity contribution in [2.45, 2.75) is 6.42 Å². The second-order valence-electron chi connectivity index (χ2n) is 4.24. The van der Waals surface area contributed by atoms with Gasteiger partial charge in [-0.2, -0.15) is 8.42 Å². The fourth-order valence-electron chi connectivity index (χ4n) is 1.87. The Hall–Kier alpha value is -1.86. The molecule has 0 amide bonds. The number of methoxy groups -OCH3 is 1. The molecule has 2 heterocycles. The van der Waals surface area contributed by atoms with Gasteiger partial charge >= 0.3 is 0 Å². The van der Waals surface area contributed by atoms with Gasteiger partial charge in [0.15, 0.2) is 0 Å². The summed E-state index contributed by atoms with van der Waals surface area (Å²) in [6.45, 7) is 0. The number of hydrogen-bond donors (Lipinski definition) is 0. The maximum atomic E-state index is 11.9. The lowest BCUT2D eigenvalue weighted by atomic mass is 10.2. The molecule has 0 N–H and O–H groups in total. The van der Waals surface area contributed by atoms with Crippen LogP contribution in [0.3, 0.4) is 0 Å². The van der Waals surface area contributed by atoms with Crippen molar-refractivity contribution >= 4 is 15.6 Å². The molecule has 0 saturated heterocycles. The van der Waals surface area contributed by atoms with Crippen LogP contribution >= 0.6 is 0 Å². The van der Waals surface area contributed by atoms with Crippen molar-refractivity contribution in [3.63, 3.8) is 0 Å². The van der Waals surface area contributed by atoms with Gasteiger partial charge in [-0.25, -0.2) is 0 Å². The molecule has 0 fully saturated rings. The van der Waals surface area contributed by atoms with Crippen LogP contribution in [-0.2, 0) is 20.7 Å². The monoisotopic (exact) mass is 297 g/mol. The summed E-state index contributed by atoms with van der Waals surface area (Å²) in [7, 11) is -0.869. The molecule has 2 aromatic heterocycles. The first-order valence-electron chi connectivity index (χ1n) is 5.93. The zero-order valence-electron chi connectivity index (χ0n) is 11.2. The number of aryl methyl sites for hydroxylation is 1. The van der Waals surface area contributed by atoms with Gasteiger partial charge in [-0.05, 0) is 24.1 Å². The van der Waals surface area contributed by atoms with E-state index in [0.29, 0.717) is 16.8 Å². The van der Waals surface area contributed by atoms with Crippen molar-refractivity contribution in [1.82, 2.24) is 4.40 Å². The third-order valence-electron chi connectivity index (χ3n) is 2.97. The Labute approximate surface area is 116 Å². The molecule has 0 aromatic carbocycles. The van der Waals surface area contributed by atoms with Gasteiger partial charge in [0.1, 0.15) is 5.75 Å². The lowest BCUT2D eigenvalue weighted by Gasteiger charge is -2.07. The van der Waals surface area contributed by atoms with E-state index in [9.17, 15) is 13.2 Å². The summed E-state index contributed by atoms with van der Waals surface area (Å²) in [6, 6.07) is 6.58. The van der Waals surface area contributed by atoms with E-state index < -0.39 is 10.1 Å². The number of nitrogens with zero attached hydrogens (tertiary/aromatic N) is 1. The number of hydrogen-bond acceptors (Lipinski definition) is 5. The molecule has 0 unspecified atom stereocenters. The van der Waals surface area contributed by atoms with Crippen LogP contribution in [0.4, 0.5) is 0 Å². The van der Waals surface area contributed by atoms with Crippen LogP contribution < -0.4 is 10.3 Å². The van der Waals surface area contributed by atoms with Gasteiger partial charge in [0.2, 0.25) is 0 Å². The molecular formula is C13H15NO5S. The first-order valence-corrected chi connectivity index (χ1v) is 7.50. The molecule has 0 bridgehead atoms. The summed E-state index contributed by atoms with van der Waals surface area (Å²) in [5.74, 6) is 0.467. The molecule has 108 valence electrons. The van der Waals surface area contributed by atoms with Crippen molar-refractivity contribution in [2.75, 3.05) is 20.0 Å². The highest BCUT2D eigenvalue weighted by Gasteiger charge is 2.10. The minimum absolute atomic E-state index is 0.164. The third kappa shape index (κ3) is 3.17. The Morgan fingerprint density at radius 1 is 1.20 bits per heavy atom. The van der Waals surface area contributed by atoms with Crippen molar-refractivity contribution in [2.24, 2.45) is 0 Å². The molecule has 0 radical (unpaired) electrons. The van der Waals surface area contributed by atoms with Crippen LogP contribution in [0.1, 0.15) is 5.56 Å². The maximum absolute atomic E-state index is 11.9. The van der Waals surface area contributed by atoms with Crippen molar-refractivity contribution < 1.29 is 17.3 Å². The second-order valence-corrected chi connectivity index (χ2v) is 6.10. The number of pyridine rings is 2. The molecule has 7 heteroatoms. The number of rotatable bonds is 5. The molecule has 0 saturated carbocycles. The van der Waals surface area contributed by atoms with Crippen LogP contribution in [0.15, 0.2) is 35.3 Å². The van der Waals surface area contributed by atoms with Gasteiger partial charge in [0.25, 0.3) is 15.7 Å². The number of fused-ring (bicyclic) bond motifs is 1. The summed E-state index contributed by atoms with van der Waals surface area (Å²) in [6.07, 6.45) is 1.84. The molecule has 0 spiro atoms. The van der Waals surface area contributed by atoms with Gasteiger partial charge < -0.3 is 4.74 Å². The Kier molecular flexibility index (Phi) is 4.10. The van der Waals surface area contributed by atoms with E-state index in [1.54, 1.807) is 31.5 Å². The lowest BCUT2D eigenvalue weighted by Crippen LogP contribution is -2.15. The Morgan fingerprint density at radius 2 is 1.95 bits per heavy atom. The molecule has 0 aliphatic rings. The van der Waals surface area contributed by atoms with Crippen LogP contribution in [0.25, 0.3) is 5.52 Å². The minimum atomic E-state index is -3.53. The van der Waals surface area contributed by atoms with E-state index in [2.05, 4.69) is 4.18 Å². The van der Waals surface area contributed by atoms with Gasteiger partial charge in [-0.1, -0.05) is 0 Å². The van der Waals surface area contributed by atoms with E-state index in [1.807, 2.05) is 0 Å². The van der Waals surface area contributed by atoms with Crippen LogP contribution in [0, 0.1) is 0 Å². The fraction of sp³-hybridized carbons (Fsp3) is 0.308. The highest BCUT2D eigenvalue weighted by atomic mass is 32.2. The fourth-order valence-corrected chi connectivity index (χ4v) is 2.52. The first kappa shape index (κ1) is 14.5. The first-order chi connectivity index (χ1) is 9.45. The quantitative estimate of drug-likeness (QED) is 0.764. The Morgan fingerprint density at radius 3 is 2.60 bits per heavy atom. The molecule has 2 aromatic rings. The normalized spacial score (nSPS) is 11.7. The highest BCUT2D eigenvalue weighted by molar-refractivity contribution is 7.86. The van der Waals surface area contributed by atoms with E-state index in [1.165, 1.54) is 10.5 Å². The SMILES string of the molecule is COc1ccn2c(=O)cc(CCS(=O)(=O)OC)cc2c1.